The van der Waals surface area contributed by atoms with Gasteiger partial charge in [-0.2, -0.15) is 0 Å². The van der Waals surface area contributed by atoms with Crippen LogP contribution in [-0.4, -0.2) is 24.1 Å². The minimum atomic E-state index is 0. The van der Waals surface area contributed by atoms with E-state index in [1.807, 2.05) is 32.3 Å². The molecule has 0 fully saturated rings. The minimum absolute atomic E-state index is 0. The second-order valence-electron chi connectivity index (χ2n) is 4.99. The van der Waals surface area contributed by atoms with Crippen LogP contribution in [0.15, 0.2) is 30.3 Å². The fourth-order valence-corrected chi connectivity index (χ4v) is 2.32. The van der Waals surface area contributed by atoms with Crippen LogP contribution in [-0.2, 0) is 0 Å². The second kappa shape index (κ2) is 5.13. The highest BCUT2D eigenvalue weighted by atomic mass is 35.5. The molecule has 0 saturated heterocycles. The molecule has 1 heterocycles. The number of hydrogen-bond acceptors (Lipinski definition) is 4. The Hall–Kier alpha value is -2.07. The molecule has 0 atom stereocenters. The molecule has 3 rings (SSSR count). The fourth-order valence-electron chi connectivity index (χ4n) is 2.32. The van der Waals surface area contributed by atoms with E-state index >= 15 is 0 Å². The molecule has 0 spiro atoms. The topological polar surface area (TPSA) is 55.0 Å². The average molecular weight is 288 g/mol. The molecule has 3 aromatic rings. The van der Waals surface area contributed by atoms with Gasteiger partial charge in [-0.3, -0.25) is 0 Å². The van der Waals surface area contributed by atoms with Crippen molar-refractivity contribution in [1.82, 2.24) is 9.97 Å². The van der Waals surface area contributed by atoms with Gasteiger partial charge in [-0.05, 0) is 42.8 Å². The number of hydrogen-bond donors (Lipinski definition) is 1. The van der Waals surface area contributed by atoms with Gasteiger partial charge >= 0.3 is 0 Å². The van der Waals surface area contributed by atoms with Crippen molar-refractivity contribution in [3.8, 4) is 0 Å². The summed E-state index contributed by atoms with van der Waals surface area (Å²) in [7, 11) is 4.06. The van der Waals surface area contributed by atoms with E-state index in [-0.39, 0.29) is 12.4 Å². The lowest BCUT2D eigenvalue weighted by Gasteiger charge is -2.16. The van der Waals surface area contributed by atoms with Gasteiger partial charge in [0.15, 0.2) is 0 Å². The maximum Gasteiger partial charge on any atom is 0.0915 e. The van der Waals surface area contributed by atoms with Crippen molar-refractivity contribution in [1.29, 1.82) is 0 Å². The van der Waals surface area contributed by atoms with E-state index in [0.29, 0.717) is 5.69 Å². The third-order valence-corrected chi connectivity index (χ3v) is 3.26. The Kier molecular flexibility index (Phi) is 3.68. The number of aryl methyl sites for hydroxylation is 1. The van der Waals surface area contributed by atoms with Gasteiger partial charge in [0.05, 0.1) is 22.1 Å². The Balaban J connectivity index is 0.00000147. The maximum atomic E-state index is 5.79. The predicted molar refractivity (Wildman–Crippen MR) is 80.5 cm³/mol. The number of halogens is 1. The smallest absolute Gasteiger partial charge is 0.0915 e. The molecule has 0 aliphatic rings. The third kappa shape index (κ3) is 2.34. The molecule has 5 heteroatoms. The summed E-state index contributed by atoms with van der Waals surface area (Å²) in [4.78, 5) is 11.4. The number of anilines is 2. The molecule has 0 unspecified atom stereocenters. The van der Waals surface area contributed by atoms with E-state index in [2.05, 4.69) is 33.9 Å². The van der Waals surface area contributed by atoms with Crippen molar-refractivity contribution in [2.75, 3.05) is 24.7 Å². The van der Waals surface area contributed by atoms with E-state index in [1.54, 1.807) is 0 Å². The Morgan fingerprint density at radius 1 is 0.900 bits per heavy atom. The van der Waals surface area contributed by atoms with Gasteiger partial charge in [-0.25, -0.2) is 9.97 Å². The largest absolute Gasteiger partial charge is 1.00 e. The molecule has 2 aromatic carbocycles. The average Bonchev–Trinajstić information content (AvgIpc) is 2.35. The van der Waals surface area contributed by atoms with Gasteiger partial charge in [0.2, 0.25) is 0 Å². The van der Waals surface area contributed by atoms with E-state index < -0.39 is 0 Å². The molecule has 0 aliphatic carbocycles. The third-order valence-electron chi connectivity index (χ3n) is 3.26. The van der Waals surface area contributed by atoms with Crippen molar-refractivity contribution in [3.05, 3.63) is 35.9 Å². The molecular weight excluding hydrogens is 272 g/mol. The van der Waals surface area contributed by atoms with E-state index in [9.17, 15) is 0 Å². The van der Waals surface area contributed by atoms with Gasteiger partial charge in [-0.15, -0.1) is 0 Å². The highest BCUT2D eigenvalue weighted by Gasteiger charge is 2.07. The molecule has 20 heavy (non-hydrogen) atoms. The van der Waals surface area contributed by atoms with Crippen molar-refractivity contribution in [3.63, 3.8) is 0 Å². The van der Waals surface area contributed by atoms with E-state index in [4.69, 9.17) is 5.73 Å². The van der Waals surface area contributed by atoms with Crippen LogP contribution in [0.3, 0.4) is 0 Å². The number of nitrogens with two attached hydrogens (primary N) is 1. The van der Waals surface area contributed by atoms with Crippen LogP contribution in [0.5, 0.6) is 0 Å². The summed E-state index contributed by atoms with van der Waals surface area (Å²) in [5.74, 6) is 0. The van der Waals surface area contributed by atoms with E-state index in [0.717, 1.165) is 27.8 Å². The Bertz CT molecular complexity index is 784. The summed E-state index contributed by atoms with van der Waals surface area (Å²) in [6.07, 6.45) is 0. The van der Waals surface area contributed by atoms with Gasteiger partial charge in [0, 0.05) is 25.5 Å². The SMILES string of the molecule is Cc1cc2nc3ccc(N)cc3nc2cc1N(C)C.[Cl-]. The molecule has 4 nitrogen and oxygen atoms in total. The molecule has 0 radical (unpaired) electrons. The summed E-state index contributed by atoms with van der Waals surface area (Å²) < 4.78 is 0. The molecule has 0 bridgehead atoms. The van der Waals surface area contributed by atoms with Crippen molar-refractivity contribution >= 4 is 33.4 Å². The monoisotopic (exact) mass is 287 g/mol. The summed E-state index contributed by atoms with van der Waals surface area (Å²) in [5.41, 5.74) is 12.4. The van der Waals surface area contributed by atoms with Crippen LogP contribution in [0.25, 0.3) is 22.1 Å². The molecule has 0 aliphatic heterocycles. The first-order valence-corrected chi connectivity index (χ1v) is 6.19. The number of rotatable bonds is 1. The lowest BCUT2D eigenvalue weighted by molar-refractivity contribution is -0.00000409. The zero-order valence-electron chi connectivity index (χ0n) is 11.7. The molecule has 104 valence electrons. The number of nitrogen functional groups attached to an aromatic ring is 1. The summed E-state index contributed by atoms with van der Waals surface area (Å²) in [6, 6.07) is 9.76. The van der Waals surface area contributed by atoms with Crippen LogP contribution in [0, 0.1) is 6.92 Å². The molecule has 1 aromatic heterocycles. The highest BCUT2D eigenvalue weighted by molar-refractivity contribution is 5.90. The van der Waals surface area contributed by atoms with Crippen LogP contribution < -0.4 is 23.0 Å². The Labute approximate surface area is 124 Å². The Morgan fingerprint density at radius 2 is 1.50 bits per heavy atom. The second-order valence-corrected chi connectivity index (χ2v) is 4.99. The zero-order chi connectivity index (χ0) is 13.6. The van der Waals surface area contributed by atoms with Crippen LogP contribution in [0.2, 0.25) is 0 Å². The van der Waals surface area contributed by atoms with Crippen LogP contribution >= 0.6 is 0 Å². The van der Waals surface area contributed by atoms with Crippen LogP contribution in [0.1, 0.15) is 5.56 Å². The van der Waals surface area contributed by atoms with E-state index in [1.165, 1.54) is 5.56 Å². The first-order chi connectivity index (χ1) is 9.04. The number of benzene rings is 2. The number of fused-ring (bicyclic) bond motifs is 2. The molecule has 2 N–H and O–H groups in total. The fraction of sp³-hybridized carbons (Fsp3) is 0.200. The van der Waals surface area contributed by atoms with Crippen LogP contribution in [0.4, 0.5) is 11.4 Å². The quantitative estimate of drug-likeness (QED) is 0.495. The first-order valence-electron chi connectivity index (χ1n) is 6.19. The lowest BCUT2D eigenvalue weighted by atomic mass is 10.1. The predicted octanol–water partition coefficient (Wildman–Crippen LogP) is -0.256. The molecular formula is C15H16ClN4-. The molecule has 0 amide bonds. The summed E-state index contributed by atoms with van der Waals surface area (Å²) in [5, 5.41) is 0. The van der Waals surface area contributed by atoms with Crippen molar-refractivity contribution in [2.45, 2.75) is 6.92 Å². The maximum absolute atomic E-state index is 5.79. The first kappa shape index (κ1) is 14.3. The zero-order valence-corrected chi connectivity index (χ0v) is 12.4. The Morgan fingerprint density at radius 3 is 2.20 bits per heavy atom. The minimum Gasteiger partial charge on any atom is -1.00 e. The van der Waals surface area contributed by atoms with Gasteiger partial charge in [0.25, 0.3) is 0 Å². The van der Waals surface area contributed by atoms with Gasteiger partial charge < -0.3 is 23.0 Å². The van der Waals surface area contributed by atoms with Crippen molar-refractivity contribution < 1.29 is 12.4 Å². The van der Waals surface area contributed by atoms with Gasteiger partial charge in [0.1, 0.15) is 0 Å². The molecule has 0 saturated carbocycles. The number of aromatic nitrogens is 2. The highest BCUT2D eigenvalue weighted by Crippen LogP contribution is 2.25. The van der Waals surface area contributed by atoms with Gasteiger partial charge in [-0.1, -0.05) is 0 Å². The summed E-state index contributed by atoms with van der Waals surface area (Å²) in [6.45, 7) is 2.09. The summed E-state index contributed by atoms with van der Waals surface area (Å²) >= 11 is 0. The normalized spacial score (nSPS) is 10.6. The van der Waals surface area contributed by atoms with Crippen molar-refractivity contribution in [2.24, 2.45) is 0 Å². The number of nitrogens with zero attached hydrogens (tertiary/aromatic N) is 3. The standard InChI is InChI=1S/C15H16N4.ClH/c1-9-6-12-14(8-15(9)19(2)3)18-13-7-10(16)4-5-11(13)17-12;/h4-8H,16H2,1-3H3;1H/p-1. The lowest BCUT2D eigenvalue weighted by Crippen LogP contribution is -3.00.